The van der Waals surface area contributed by atoms with Crippen molar-refractivity contribution >= 4 is 55.6 Å². The van der Waals surface area contributed by atoms with Crippen LogP contribution in [0.4, 0.5) is 10.1 Å². The number of carbonyl (C=O) groups is 2. The van der Waals surface area contributed by atoms with E-state index in [4.69, 9.17) is 9.47 Å². The number of rotatable bonds is 10. The summed E-state index contributed by atoms with van der Waals surface area (Å²) in [5, 5.41) is 6.34. The molecule has 0 saturated carbocycles. The van der Waals surface area contributed by atoms with Gasteiger partial charge in [0.25, 0.3) is 5.91 Å². The first-order valence-electron chi connectivity index (χ1n) is 11.0. The van der Waals surface area contributed by atoms with Gasteiger partial charge in [-0.3, -0.25) is 9.59 Å². The molecule has 36 heavy (non-hydrogen) atoms. The van der Waals surface area contributed by atoms with Crippen LogP contribution >= 0.6 is 31.9 Å². The van der Waals surface area contributed by atoms with Crippen molar-refractivity contribution in [1.82, 2.24) is 5.43 Å². The number of hydrazone groups is 1. The van der Waals surface area contributed by atoms with Gasteiger partial charge in [0.15, 0.2) is 11.5 Å². The van der Waals surface area contributed by atoms with Gasteiger partial charge in [-0.05, 0) is 77.3 Å². The Kier molecular flexibility index (Phi) is 10.0. The quantitative estimate of drug-likeness (QED) is 0.164. The van der Waals surface area contributed by atoms with Crippen LogP contribution in [0.2, 0.25) is 0 Å². The lowest BCUT2D eigenvalue weighted by molar-refractivity contribution is -0.131. The fraction of sp³-hybridized carbons (Fsp3) is 0.192. The zero-order valence-electron chi connectivity index (χ0n) is 19.6. The zero-order chi connectivity index (χ0) is 26.1. The first-order chi connectivity index (χ1) is 17.3. The number of ether oxygens (including phenoxy) is 2. The Labute approximate surface area is 225 Å². The second-order valence-electron chi connectivity index (χ2n) is 7.60. The van der Waals surface area contributed by atoms with E-state index in [0.717, 1.165) is 10.0 Å². The van der Waals surface area contributed by atoms with Crippen LogP contribution in [0.1, 0.15) is 25.0 Å². The predicted molar refractivity (Wildman–Crippen MR) is 144 cm³/mol. The molecule has 0 saturated heterocycles. The van der Waals surface area contributed by atoms with Gasteiger partial charge in [-0.2, -0.15) is 5.10 Å². The molecule has 1 atom stereocenters. The average Bonchev–Trinajstić information content (AvgIpc) is 2.85. The minimum atomic E-state index is -1.10. The summed E-state index contributed by atoms with van der Waals surface area (Å²) < 4.78 is 27.1. The second-order valence-corrected chi connectivity index (χ2v) is 9.37. The third-order valence-electron chi connectivity index (χ3n) is 4.93. The molecule has 3 aromatic rings. The molecule has 0 aromatic heterocycles. The van der Waals surface area contributed by atoms with Gasteiger partial charge in [0.05, 0.1) is 23.0 Å². The normalized spacial score (nSPS) is 11.7. The van der Waals surface area contributed by atoms with Crippen LogP contribution in [0.5, 0.6) is 11.5 Å². The number of nitrogens with zero attached hydrogens (tertiary/aromatic N) is 1. The molecule has 0 fully saturated rings. The molecule has 0 aliphatic carbocycles. The highest BCUT2D eigenvalue weighted by atomic mass is 79.9. The van der Waals surface area contributed by atoms with Crippen LogP contribution in [-0.2, 0) is 16.2 Å². The molecule has 0 heterocycles. The molecule has 3 rings (SSSR count). The highest BCUT2D eigenvalue weighted by molar-refractivity contribution is 9.10. The lowest BCUT2D eigenvalue weighted by Gasteiger charge is -2.15. The number of halogens is 3. The fourth-order valence-electron chi connectivity index (χ4n) is 2.99. The van der Waals surface area contributed by atoms with Gasteiger partial charge in [0, 0.05) is 4.47 Å². The van der Waals surface area contributed by atoms with Crippen LogP contribution in [0.25, 0.3) is 0 Å². The first-order valence-corrected chi connectivity index (χ1v) is 12.6. The van der Waals surface area contributed by atoms with Crippen molar-refractivity contribution in [2.24, 2.45) is 11.0 Å². The van der Waals surface area contributed by atoms with Gasteiger partial charge >= 0.3 is 0 Å². The molecule has 0 radical (unpaired) electrons. The summed E-state index contributed by atoms with van der Waals surface area (Å²) in [6.45, 7) is 4.04. The standard InChI is InChI=1S/C26H24Br2FN3O4/c1-3-35-23-13-18(12-20(28)24(23)36-15-17-8-10-19(27)11-9-17)14-30-32-26(34)16(2)25(33)31-22-7-5-4-6-21(22)29/h4-14,16H,3,15H2,1-2H3,(H,31,33)(H,32,34). The Hall–Kier alpha value is -3.24. The van der Waals surface area contributed by atoms with Crippen molar-refractivity contribution in [3.8, 4) is 11.5 Å². The predicted octanol–water partition coefficient (Wildman–Crippen LogP) is 6.05. The first kappa shape index (κ1) is 27.3. The van der Waals surface area contributed by atoms with E-state index in [0.29, 0.717) is 34.7 Å². The maximum Gasteiger partial charge on any atom is 0.252 e. The largest absolute Gasteiger partial charge is 0.490 e. The van der Waals surface area contributed by atoms with Crippen molar-refractivity contribution < 1.29 is 23.5 Å². The third kappa shape index (κ3) is 7.63. The van der Waals surface area contributed by atoms with Crippen LogP contribution in [0.3, 0.4) is 0 Å². The van der Waals surface area contributed by atoms with Gasteiger partial charge in [-0.1, -0.05) is 40.2 Å². The van der Waals surface area contributed by atoms with Crippen LogP contribution < -0.4 is 20.2 Å². The number of para-hydroxylation sites is 1. The van der Waals surface area contributed by atoms with E-state index in [1.165, 1.54) is 31.3 Å². The SMILES string of the molecule is CCOc1cc(C=NNC(=O)C(C)C(=O)Nc2ccccc2F)cc(Br)c1OCc1ccc(Br)cc1. The minimum Gasteiger partial charge on any atom is -0.490 e. The van der Waals surface area contributed by atoms with Crippen molar-refractivity contribution in [2.75, 3.05) is 11.9 Å². The number of hydrogen-bond donors (Lipinski definition) is 2. The highest BCUT2D eigenvalue weighted by Gasteiger charge is 2.22. The molecule has 1 unspecified atom stereocenters. The van der Waals surface area contributed by atoms with Crippen LogP contribution in [-0.4, -0.2) is 24.6 Å². The maximum atomic E-state index is 13.7. The Morgan fingerprint density at radius 2 is 1.78 bits per heavy atom. The Balaban J connectivity index is 1.63. The van der Waals surface area contributed by atoms with E-state index in [2.05, 4.69) is 47.7 Å². The summed E-state index contributed by atoms with van der Waals surface area (Å²) in [5.41, 5.74) is 3.96. The van der Waals surface area contributed by atoms with Crippen molar-refractivity contribution in [3.05, 3.63) is 86.6 Å². The molecule has 7 nitrogen and oxygen atoms in total. The van der Waals surface area contributed by atoms with Crippen molar-refractivity contribution in [2.45, 2.75) is 20.5 Å². The van der Waals surface area contributed by atoms with Gasteiger partial charge < -0.3 is 14.8 Å². The number of anilines is 1. The number of nitrogens with one attached hydrogen (secondary N) is 2. The number of amides is 2. The molecule has 188 valence electrons. The van der Waals surface area contributed by atoms with Gasteiger partial charge in [-0.15, -0.1) is 0 Å². The molecular weight excluding hydrogens is 597 g/mol. The van der Waals surface area contributed by atoms with E-state index < -0.39 is 23.5 Å². The van der Waals surface area contributed by atoms with E-state index in [-0.39, 0.29) is 5.69 Å². The highest BCUT2D eigenvalue weighted by Crippen LogP contribution is 2.37. The molecular formula is C26H24Br2FN3O4. The van der Waals surface area contributed by atoms with Crippen LogP contribution in [0.15, 0.2) is 74.7 Å². The summed E-state index contributed by atoms with van der Waals surface area (Å²) in [4.78, 5) is 24.6. The molecule has 0 spiro atoms. The minimum absolute atomic E-state index is 0.00129. The van der Waals surface area contributed by atoms with Gasteiger partial charge in [-0.25, -0.2) is 9.82 Å². The molecule has 10 heteroatoms. The average molecular weight is 621 g/mol. The smallest absolute Gasteiger partial charge is 0.252 e. The molecule has 0 aliphatic heterocycles. The lowest BCUT2D eigenvalue weighted by Crippen LogP contribution is -2.34. The summed E-state index contributed by atoms with van der Waals surface area (Å²) in [5.74, 6) is -1.92. The third-order valence-corrected chi connectivity index (χ3v) is 6.05. The van der Waals surface area contributed by atoms with E-state index >= 15 is 0 Å². The molecule has 2 N–H and O–H groups in total. The van der Waals surface area contributed by atoms with Crippen molar-refractivity contribution in [3.63, 3.8) is 0 Å². The lowest BCUT2D eigenvalue weighted by atomic mass is 10.1. The van der Waals surface area contributed by atoms with Crippen LogP contribution in [0, 0.1) is 11.7 Å². The number of carbonyl (C=O) groups excluding carboxylic acids is 2. The Morgan fingerprint density at radius 3 is 2.47 bits per heavy atom. The summed E-state index contributed by atoms with van der Waals surface area (Å²) in [6.07, 6.45) is 1.42. The van der Waals surface area contributed by atoms with Crippen molar-refractivity contribution in [1.29, 1.82) is 0 Å². The summed E-state index contributed by atoms with van der Waals surface area (Å²) in [6, 6.07) is 17.0. The summed E-state index contributed by atoms with van der Waals surface area (Å²) in [7, 11) is 0. The second kappa shape index (κ2) is 13.2. The summed E-state index contributed by atoms with van der Waals surface area (Å²) >= 11 is 6.92. The topological polar surface area (TPSA) is 89.0 Å². The van der Waals surface area contributed by atoms with Gasteiger partial charge in [0.1, 0.15) is 18.3 Å². The number of benzene rings is 3. The molecule has 3 aromatic carbocycles. The van der Waals surface area contributed by atoms with E-state index in [1.807, 2.05) is 31.2 Å². The number of hydrogen-bond acceptors (Lipinski definition) is 5. The Morgan fingerprint density at radius 1 is 1.06 bits per heavy atom. The monoisotopic (exact) mass is 619 g/mol. The van der Waals surface area contributed by atoms with E-state index in [1.54, 1.807) is 18.2 Å². The van der Waals surface area contributed by atoms with E-state index in [9.17, 15) is 14.0 Å². The Bertz CT molecular complexity index is 1250. The molecule has 0 aliphatic rings. The molecule has 0 bridgehead atoms. The van der Waals surface area contributed by atoms with Gasteiger partial charge in [0.2, 0.25) is 5.91 Å². The zero-order valence-corrected chi connectivity index (χ0v) is 22.7. The fourth-order valence-corrected chi connectivity index (χ4v) is 3.83. The maximum absolute atomic E-state index is 13.7. The molecule has 2 amide bonds.